The lowest BCUT2D eigenvalue weighted by Gasteiger charge is -2.26. The first-order chi connectivity index (χ1) is 6.24. The number of halogens is 1. The zero-order chi connectivity index (χ0) is 9.16. The normalized spacial score (nSPS) is 57.2. The summed E-state index contributed by atoms with van der Waals surface area (Å²) in [6.07, 6.45) is 1.13. The number of esters is 1. The minimum absolute atomic E-state index is 0.00574. The first kappa shape index (κ1) is 8.24. The Kier molecular flexibility index (Phi) is 1.57. The van der Waals surface area contributed by atoms with Gasteiger partial charge < -0.3 is 9.84 Å². The van der Waals surface area contributed by atoms with Gasteiger partial charge in [-0.25, -0.2) is 0 Å². The van der Waals surface area contributed by atoms with Gasteiger partial charge in [0.2, 0.25) is 0 Å². The molecule has 0 aromatic carbocycles. The highest BCUT2D eigenvalue weighted by molar-refractivity contribution is 9.09. The fourth-order valence-corrected chi connectivity index (χ4v) is 4.48. The third-order valence-corrected chi connectivity index (χ3v) is 5.10. The van der Waals surface area contributed by atoms with Crippen LogP contribution in [0.1, 0.15) is 6.42 Å². The van der Waals surface area contributed by atoms with Gasteiger partial charge in [-0.3, -0.25) is 4.79 Å². The summed E-state index contributed by atoms with van der Waals surface area (Å²) < 4.78 is 5.29. The fourth-order valence-electron chi connectivity index (χ4n) is 3.37. The van der Waals surface area contributed by atoms with Crippen molar-refractivity contribution in [2.75, 3.05) is 6.61 Å². The number of ether oxygens (including phenoxy) is 1. The van der Waals surface area contributed by atoms with Crippen molar-refractivity contribution in [3.8, 4) is 0 Å². The van der Waals surface area contributed by atoms with Crippen LogP contribution >= 0.6 is 15.9 Å². The lowest BCUT2D eigenvalue weighted by Crippen LogP contribution is -2.35. The molecule has 0 aromatic heterocycles. The molecule has 13 heavy (non-hydrogen) atoms. The fraction of sp³-hybridized carbons (Fsp3) is 0.889. The van der Waals surface area contributed by atoms with Crippen LogP contribution in [-0.4, -0.2) is 28.6 Å². The van der Waals surface area contributed by atoms with E-state index in [9.17, 15) is 9.90 Å². The maximum Gasteiger partial charge on any atom is 0.310 e. The maximum atomic E-state index is 11.5. The smallest absolute Gasteiger partial charge is 0.310 e. The molecule has 3 nitrogen and oxygen atoms in total. The Morgan fingerprint density at radius 3 is 3.00 bits per heavy atom. The average Bonchev–Trinajstić information content (AvgIpc) is 2.68. The van der Waals surface area contributed by atoms with E-state index in [2.05, 4.69) is 15.9 Å². The number of hydrogen-bond donors (Lipinski definition) is 1. The number of aliphatic hydroxyl groups excluding tert-OH is 1. The van der Waals surface area contributed by atoms with E-state index >= 15 is 0 Å². The quantitative estimate of drug-likeness (QED) is 0.543. The number of fused-ring (bicyclic) bond motifs is 1. The summed E-state index contributed by atoms with van der Waals surface area (Å²) >= 11 is 3.57. The Hall–Kier alpha value is -0.0900. The van der Waals surface area contributed by atoms with Gasteiger partial charge in [-0.05, 0) is 18.3 Å². The molecule has 1 aliphatic heterocycles. The zero-order valence-corrected chi connectivity index (χ0v) is 8.61. The summed E-state index contributed by atoms with van der Waals surface area (Å²) in [5.41, 5.74) is 0. The third kappa shape index (κ3) is 0.814. The molecular weight excluding hydrogens is 236 g/mol. The van der Waals surface area contributed by atoms with Crippen LogP contribution in [-0.2, 0) is 9.53 Å². The molecule has 0 unspecified atom stereocenters. The predicted molar refractivity (Wildman–Crippen MR) is 48.3 cm³/mol. The van der Waals surface area contributed by atoms with E-state index in [4.69, 9.17) is 4.74 Å². The largest absolute Gasteiger partial charge is 0.461 e. The van der Waals surface area contributed by atoms with Gasteiger partial charge >= 0.3 is 5.97 Å². The van der Waals surface area contributed by atoms with Gasteiger partial charge in [0.15, 0.2) is 0 Å². The van der Waals surface area contributed by atoms with E-state index in [1.165, 1.54) is 0 Å². The molecule has 2 bridgehead atoms. The second-order valence-corrected chi connectivity index (χ2v) is 5.34. The minimum Gasteiger partial charge on any atom is -0.461 e. The Balaban J connectivity index is 2.01. The number of aliphatic hydroxyl groups is 1. The van der Waals surface area contributed by atoms with Crippen LogP contribution in [0.25, 0.3) is 0 Å². The van der Waals surface area contributed by atoms with Crippen LogP contribution in [0.2, 0.25) is 0 Å². The Labute approximate surface area is 84.6 Å². The van der Waals surface area contributed by atoms with E-state index in [0.29, 0.717) is 11.8 Å². The number of carbonyl (C=O) groups excluding carboxylic acids is 1. The first-order valence-electron chi connectivity index (χ1n) is 4.69. The second kappa shape index (κ2) is 2.48. The van der Waals surface area contributed by atoms with Crippen LogP contribution < -0.4 is 0 Å². The van der Waals surface area contributed by atoms with Gasteiger partial charge in [0.05, 0.1) is 10.7 Å². The molecule has 2 aliphatic carbocycles. The van der Waals surface area contributed by atoms with E-state index in [1.54, 1.807) is 0 Å². The molecule has 0 radical (unpaired) electrons. The van der Waals surface area contributed by atoms with E-state index in [1.807, 2.05) is 0 Å². The lowest BCUT2D eigenvalue weighted by molar-refractivity contribution is -0.144. The molecule has 2 saturated carbocycles. The van der Waals surface area contributed by atoms with E-state index < -0.39 is 0 Å². The van der Waals surface area contributed by atoms with Gasteiger partial charge in [0.25, 0.3) is 0 Å². The number of carbonyl (C=O) groups is 1. The summed E-state index contributed by atoms with van der Waals surface area (Å²) in [5.74, 6) is 0.864. The van der Waals surface area contributed by atoms with Crippen LogP contribution in [0.15, 0.2) is 0 Å². The highest BCUT2D eigenvalue weighted by Gasteiger charge is 2.65. The highest BCUT2D eigenvalue weighted by atomic mass is 79.9. The average molecular weight is 247 g/mol. The number of rotatable bonds is 1. The molecule has 72 valence electrons. The molecule has 0 aromatic rings. The molecule has 1 N–H and O–H groups in total. The number of hydrogen-bond acceptors (Lipinski definition) is 3. The summed E-state index contributed by atoms with van der Waals surface area (Å²) in [4.78, 5) is 11.7. The van der Waals surface area contributed by atoms with Gasteiger partial charge in [0.1, 0.15) is 6.10 Å². The second-order valence-electron chi connectivity index (χ2n) is 4.28. The predicted octanol–water partition coefficient (Wildman–Crippen LogP) is 0.550. The molecule has 3 fully saturated rings. The lowest BCUT2D eigenvalue weighted by atomic mass is 9.80. The van der Waals surface area contributed by atoms with Crippen molar-refractivity contribution < 1.29 is 14.6 Å². The van der Waals surface area contributed by atoms with Crippen molar-refractivity contribution in [2.45, 2.75) is 17.4 Å². The SMILES string of the molecule is O=C1O[C@@H]2[C@@H](Br)[C@@H]3C[C@@H]2[C@@H]1[C@H]3CO. The summed E-state index contributed by atoms with van der Waals surface area (Å²) in [7, 11) is 0. The van der Waals surface area contributed by atoms with Crippen LogP contribution in [0, 0.1) is 23.7 Å². The molecule has 4 heteroatoms. The van der Waals surface area contributed by atoms with Crippen LogP contribution in [0.3, 0.4) is 0 Å². The Morgan fingerprint density at radius 1 is 1.54 bits per heavy atom. The molecular formula is C9H11BrO3. The van der Waals surface area contributed by atoms with Crippen molar-refractivity contribution in [1.29, 1.82) is 0 Å². The van der Waals surface area contributed by atoms with Crippen LogP contribution in [0.5, 0.6) is 0 Å². The molecule has 0 amide bonds. The summed E-state index contributed by atoms with van der Waals surface area (Å²) in [6.45, 7) is 0.121. The van der Waals surface area contributed by atoms with Gasteiger partial charge in [-0.2, -0.15) is 0 Å². The van der Waals surface area contributed by atoms with Gasteiger partial charge in [-0.1, -0.05) is 15.9 Å². The van der Waals surface area contributed by atoms with E-state index in [0.717, 1.165) is 6.42 Å². The van der Waals surface area contributed by atoms with Crippen molar-refractivity contribution in [3.63, 3.8) is 0 Å². The summed E-state index contributed by atoms with van der Waals surface area (Å²) in [5, 5.41) is 9.22. The highest BCUT2D eigenvalue weighted by Crippen LogP contribution is 2.59. The Morgan fingerprint density at radius 2 is 2.31 bits per heavy atom. The molecule has 1 saturated heterocycles. The molecule has 1 heterocycles. The molecule has 3 aliphatic rings. The monoisotopic (exact) mass is 246 g/mol. The van der Waals surface area contributed by atoms with Crippen LogP contribution in [0.4, 0.5) is 0 Å². The van der Waals surface area contributed by atoms with Gasteiger partial charge in [-0.15, -0.1) is 0 Å². The van der Waals surface area contributed by atoms with Crippen molar-refractivity contribution in [2.24, 2.45) is 23.7 Å². The third-order valence-electron chi connectivity index (χ3n) is 3.90. The maximum absolute atomic E-state index is 11.5. The van der Waals surface area contributed by atoms with Crippen molar-refractivity contribution in [3.05, 3.63) is 0 Å². The standard InChI is InChI=1S/C9H11BrO3/c10-7-3-1-4-6(5(3)2-11)9(12)13-8(4)7/h3-8,11H,1-2H2/t3-,4-,5+,6-,7+,8+/m1/s1. The topological polar surface area (TPSA) is 46.5 Å². The first-order valence-corrected chi connectivity index (χ1v) is 5.61. The minimum atomic E-state index is -0.0847. The van der Waals surface area contributed by atoms with E-state index in [-0.39, 0.29) is 35.3 Å². The molecule has 3 rings (SSSR count). The molecule has 0 spiro atoms. The number of alkyl halides is 1. The zero-order valence-electron chi connectivity index (χ0n) is 7.02. The van der Waals surface area contributed by atoms with Gasteiger partial charge in [0, 0.05) is 12.5 Å². The van der Waals surface area contributed by atoms with Crippen molar-refractivity contribution in [1.82, 2.24) is 0 Å². The summed E-state index contributed by atoms with van der Waals surface area (Å²) in [6, 6.07) is 0. The van der Waals surface area contributed by atoms with Crippen molar-refractivity contribution >= 4 is 21.9 Å². The Bertz CT molecular complexity index is 268. The molecule has 6 atom stereocenters.